The Labute approximate surface area is 104 Å². The van der Waals surface area contributed by atoms with Gasteiger partial charge in [0.05, 0.1) is 0 Å². The average Bonchev–Trinajstić information content (AvgIpc) is 1.95. The first kappa shape index (κ1) is 14.1. The van der Waals surface area contributed by atoms with E-state index in [2.05, 4.69) is 5.18 Å². The molecule has 0 saturated carbocycles. The van der Waals surface area contributed by atoms with Crippen molar-refractivity contribution in [2.45, 2.75) is 4.76 Å². The van der Waals surface area contributed by atoms with E-state index in [-0.39, 0.29) is 51.4 Å². The molecule has 9 heteroatoms. The fourth-order valence-electron chi connectivity index (χ4n) is 0.100. The van der Waals surface area contributed by atoms with Gasteiger partial charge in [0.25, 0.3) is 0 Å². The first-order valence-electron chi connectivity index (χ1n) is 1.62. The van der Waals surface area contributed by atoms with Gasteiger partial charge >= 0.3 is 56.1 Å². The first-order chi connectivity index (χ1) is 4.24. The van der Waals surface area contributed by atoms with E-state index in [4.69, 9.17) is 0 Å². The third-order valence-corrected chi connectivity index (χ3v) is 2.94. The number of nitrogens with zero attached hydrogens (tertiary/aromatic N) is 1. The fraction of sp³-hybridized carbons (Fsp3) is 1.00. The van der Waals surface area contributed by atoms with E-state index in [1.807, 2.05) is 0 Å². The Morgan fingerprint density at radius 2 is 1.30 bits per heavy atom. The second kappa shape index (κ2) is 7.20. The Bertz CT molecular complexity index is 123. The normalized spacial score (nSPS) is 16.0. The van der Waals surface area contributed by atoms with Crippen molar-refractivity contribution in [2.24, 2.45) is 5.18 Å². The molecule has 0 unspecified atom stereocenters. The van der Waals surface area contributed by atoms with Crippen LogP contribution in [0.25, 0.3) is 0 Å². The molecule has 0 N–H and O–H groups in total. The van der Waals surface area contributed by atoms with E-state index >= 15 is 0 Å². The summed E-state index contributed by atoms with van der Waals surface area (Å²) in [6.07, 6.45) is 0. The molecule has 50 valence electrons. The molecule has 0 aliphatic heterocycles. The molecule has 0 radical (unpaired) electrons. The van der Waals surface area contributed by atoms with Crippen molar-refractivity contribution in [3.8, 4) is 0 Å². The fourth-order valence-corrected chi connectivity index (χ4v) is 0.600. The summed E-state index contributed by atoms with van der Waals surface area (Å²) in [5.41, 5.74) is 0. The van der Waals surface area contributed by atoms with Crippen LogP contribution in [-0.4, -0.2) is 56.1 Å². The third kappa shape index (κ3) is 3.79. The Balaban J connectivity index is 0. The first-order valence-corrected chi connectivity index (χ1v) is 4.06. The summed E-state index contributed by atoms with van der Waals surface area (Å²) in [5.74, 6) is 0. The molecule has 0 rings (SSSR count). The van der Waals surface area contributed by atoms with Crippen LogP contribution in [0.1, 0.15) is 0 Å². The number of nitroso groups, excluding NO2 is 1. The Morgan fingerprint density at radius 1 is 1.00 bits per heavy atom. The summed E-state index contributed by atoms with van der Waals surface area (Å²) in [6, 6.07) is 0. The summed E-state index contributed by atoms with van der Waals surface area (Å²) in [4.78, 5) is 9.65. The van der Waals surface area contributed by atoms with Crippen LogP contribution in [0.2, 0.25) is 0 Å². The van der Waals surface area contributed by atoms with Gasteiger partial charge in [-0.3, -0.25) is 13.7 Å². The molecule has 0 bridgehead atoms. The summed E-state index contributed by atoms with van der Waals surface area (Å²) < 4.78 is 27.7. The molecular formula is CHKNO4P3. The predicted octanol–water partition coefficient (Wildman–Crippen LogP) is 1.59. The van der Waals surface area contributed by atoms with Gasteiger partial charge in [0.2, 0.25) is 25.4 Å². The second-order valence-electron chi connectivity index (χ2n) is 0.965. The molecule has 0 atom stereocenters. The van der Waals surface area contributed by atoms with Gasteiger partial charge in [-0.1, -0.05) is 0 Å². The van der Waals surface area contributed by atoms with Crippen molar-refractivity contribution < 1.29 is 13.7 Å². The van der Waals surface area contributed by atoms with Crippen molar-refractivity contribution >= 4 is 76.8 Å². The standard InChI is InChI=1S/CNO4P3.K.H/c3-2-1(7-4,8-5)9-6;;. The Hall–Kier alpha value is 1.54. The molecule has 0 aliphatic rings. The zero-order chi connectivity index (χ0) is 7.33. The van der Waals surface area contributed by atoms with E-state index < -0.39 is 30.1 Å². The van der Waals surface area contributed by atoms with Crippen molar-refractivity contribution in [3.63, 3.8) is 0 Å². The zero-order valence-corrected chi connectivity index (χ0v) is 6.61. The van der Waals surface area contributed by atoms with Crippen LogP contribution in [0.5, 0.6) is 0 Å². The van der Waals surface area contributed by atoms with Gasteiger partial charge < -0.3 is 0 Å². The summed E-state index contributed by atoms with van der Waals surface area (Å²) >= 11 is 0. The van der Waals surface area contributed by atoms with Crippen LogP contribution in [0, 0.1) is 4.91 Å². The quantitative estimate of drug-likeness (QED) is 0.411. The van der Waals surface area contributed by atoms with Crippen LogP contribution in [-0.2, 0) is 13.7 Å². The molecule has 0 aliphatic carbocycles. The van der Waals surface area contributed by atoms with Crippen LogP contribution >= 0.6 is 25.4 Å². The van der Waals surface area contributed by atoms with E-state index in [1.165, 1.54) is 0 Å². The van der Waals surface area contributed by atoms with Crippen molar-refractivity contribution in [1.29, 1.82) is 0 Å². The molecular weight excluding hydrogens is 222 g/mol. The minimum absolute atomic E-state index is 0. The molecule has 0 fully saturated rings. The molecule has 0 aromatic carbocycles. The monoisotopic (exact) mass is 223 g/mol. The third-order valence-electron chi connectivity index (χ3n) is 0.490. The van der Waals surface area contributed by atoms with Gasteiger partial charge in [-0.2, -0.15) is 0 Å². The summed E-state index contributed by atoms with van der Waals surface area (Å²) in [6.45, 7) is 0. The van der Waals surface area contributed by atoms with E-state index in [9.17, 15) is 18.6 Å². The SMILES string of the molecule is O=NC(P=O)(P=O)P=O.[KH]. The zero-order valence-electron chi connectivity index (χ0n) is 3.92. The van der Waals surface area contributed by atoms with Crippen LogP contribution in [0.3, 0.4) is 0 Å². The number of hydrogen-bond donors (Lipinski definition) is 0. The van der Waals surface area contributed by atoms with E-state index in [0.29, 0.717) is 0 Å². The second-order valence-corrected chi connectivity index (χ2v) is 4.51. The molecule has 10 heavy (non-hydrogen) atoms. The van der Waals surface area contributed by atoms with Crippen LogP contribution < -0.4 is 0 Å². The number of rotatable bonds is 4. The molecule has 0 spiro atoms. The number of hydrogen-bond acceptors (Lipinski definition) is 5. The van der Waals surface area contributed by atoms with Crippen LogP contribution in [0.4, 0.5) is 0 Å². The molecule has 0 amide bonds. The molecule has 0 heterocycles. The molecule has 0 aromatic rings. The summed E-state index contributed by atoms with van der Waals surface area (Å²) in [7, 11) is -2.43. The van der Waals surface area contributed by atoms with Gasteiger partial charge in [0.1, 0.15) is 0 Å². The topological polar surface area (TPSA) is 80.6 Å². The Morgan fingerprint density at radius 3 is 1.30 bits per heavy atom. The minimum atomic E-state index is -2.01. The van der Waals surface area contributed by atoms with Gasteiger partial charge in [0.15, 0.2) is 0 Å². The van der Waals surface area contributed by atoms with Gasteiger partial charge in [-0.15, -0.1) is 4.91 Å². The Kier molecular flexibility index (Phi) is 10.1. The maximum atomic E-state index is 9.91. The van der Waals surface area contributed by atoms with Gasteiger partial charge in [0, 0.05) is 0 Å². The summed E-state index contributed by atoms with van der Waals surface area (Å²) in [5, 5.41) is 2.15. The molecule has 5 nitrogen and oxygen atoms in total. The van der Waals surface area contributed by atoms with Crippen molar-refractivity contribution in [3.05, 3.63) is 4.91 Å². The van der Waals surface area contributed by atoms with E-state index in [0.717, 1.165) is 0 Å². The predicted molar refractivity (Wildman–Crippen MR) is 38.5 cm³/mol. The van der Waals surface area contributed by atoms with Crippen molar-refractivity contribution in [2.75, 3.05) is 0 Å². The van der Waals surface area contributed by atoms with Gasteiger partial charge in [-0.25, -0.2) is 0 Å². The van der Waals surface area contributed by atoms with Gasteiger partial charge in [-0.05, 0) is 5.18 Å². The average molecular weight is 223 g/mol. The van der Waals surface area contributed by atoms with Crippen LogP contribution in [0.15, 0.2) is 5.18 Å². The molecule has 0 saturated heterocycles. The molecule has 0 aromatic heterocycles. The maximum absolute atomic E-state index is 9.91. The van der Waals surface area contributed by atoms with Crippen molar-refractivity contribution in [1.82, 2.24) is 0 Å². The van der Waals surface area contributed by atoms with E-state index in [1.54, 1.807) is 0 Å².